The molecular weight excluding hydrogens is 356 g/mol. The topological polar surface area (TPSA) is 100 Å². The highest BCUT2D eigenvalue weighted by Crippen LogP contribution is 2.28. The second kappa shape index (κ2) is 8.08. The van der Waals surface area contributed by atoms with Gasteiger partial charge in [-0.25, -0.2) is 9.50 Å². The molecule has 0 aliphatic rings. The predicted octanol–water partition coefficient (Wildman–Crippen LogP) is 3.19. The number of rotatable bonds is 6. The predicted molar refractivity (Wildman–Crippen MR) is 109 cm³/mol. The Morgan fingerprint density at radius 1 is 1.21 bits per heavy atom. The zero-order valence-electron chi connectivity index (χ0n) is 16.5. The summed E-state index contributed by atoms with van der Waals surface area (Å²) in [6.45, 7) is 7.94. The van der Waals surface area contributed by atoms with Crippen LogP contribution in [0.5, 0.6) is 0 Å². The summed E-state index contributed by atoms with van der Waals surface area (Å²) >= 11 is 0. The van der Waals surface area contributed by atoms with E-state index in [1.54, 1.807) is 10.7 Å². The Hall–Kier alpha value is -3.42. The Kier molecular flexibility index (Phi) is 5.58. The molecule has 0 unspecified atom stereocenters. The van der Waals surface area contributed by atoms with Gasteiger partial charge in [0.2, 0.25) is 5.91 Å². The summed E-state index contributed by atoms with van der Waals surface area (Å²) in [5.74, 6) is 0.328. The van der Waals surface area contributed by atoms with Crippen molar-refractivity contribution in [1.82, 2.24) is 19.9 Å². The standard InChI is InChI=1S/C20H24N6O2/c1-5-8-21-20(28)16-10-26-18(13(16)3)19(22-11-23-26)25-17-9-15(24-14(4)27)7-6-12(17)2/h6-7,9-11H,5,8H2,1-4H3,(H,21,28)(H,24,27)(H,22,23,25). The van der Waals surface area contributed by atoms with Crippen molar-refractivity contribution < 1.29 is 9.59 Å². The quantitative estimate of drug-likeness (QED) is 0.610. The van der Waals surface area contributed by atoms with E-state index in [0.717, 1.165) is 28.8 Å². The van der Waals surface area contributed by atoms with E-state index >= 15 is 0 Å². The van der Waals surface area contributed by atoms with Gasteiger partial charge < -0.3 is 16.0 Å². The first-order valence-corrected chi connectivity index (χ1v) is 9.17. The SMILES string of the molecule is CCCNC(=O)c1cn2ncnc(Nc3cc(NC(C)=O)ccc3C)c2c1C. The zero-order valence-corrected chi connectivity index (χ0v) is 16.5. The molecule has 0 saturated carbocycles. The molecule has 0 aliphatic carbocycles. The highest BCUT2D eigenvalue weighted by atomic mass is 16.2. The maximum Gasteiger partial charge on any atom is 0.253 e. The number of aromatic nitrogens is 3. The lowest BCUT2D eigenvalue weighted by atomic mass is 10.1. The molecule has 2 aromatic heterocycles. The van der Waals surface area contributed by atoms with Crippen LogP contribution in [0.3, 0.4) is 0 Å². The van der Waals surface area contributed by atoms with Crippen molar-refractivity contribution in [2.45, 2.75) is 34.1 Å². The highest BCUT2D eigenvalue weighted by molar-refractivity contribution is 5.99. The maximum absolute atomic E-state index is 12.4. The maximum atomic E-state index is 12.4. The molecule has 0 radical (unpaired) electrons. The molecule has 1 aromatic carbocycles. The second-order valence-electron chi connectivity index (χ2n) is 6.66. The number of carbonyl (C=O) groups excluding carboxylic acids is 2. The molecular formula is C20H24N6O2. The summed E-state index contributed by atoms with van der Waals surface area (Å²) in [5, 5.41) is 13.2. The van der Waals surface area contributed by atoms with Crippen molar-refractivity contribution in [2.24, 2.45) is 0 Å². The van der Waals surface area contributed by atoms with E-state index in [1.807, 2.05) is 39.0 Å². The molecule has 0 aliphatic heterocycles. The monoisotopic (exact) mass is 380 g/mol. The summed E-state index contributed by atoms with van der Waals surface area (Å²) < 4.78 is 1.65. The first kappa shape index (κ1) is 19.3. The van der Waals surface area contributed by atoms with Crippen molar-refractivity contribution in [3.63, 3.8) is 0 Å². The van der Waals surface area contributed by atoms with Gasteiger partial charge in [0.1, 0.15) is 11.8 Å². The summed E-state index contributed by atoms with van der Waals surface area (Å²) in [5.41, 5.74) is 4.60. The van der Waals surface area contributed by atoms with Crippen molar-refractivity contribution in [1.29, 1.82) is 0 Å². The summed E-state index contributed by atoms with van der Waals surface area (Å²) in [4.78, 5) is 28.1. The summed E-state index contributed by atoms with van der Waals surface area (Å²) in [6.07, 6.45) is 4.02. The van der Waals surface area contributed by atoms with Crippen LogP contribution in [0, 0.1) is 13.8 Å². The Balaban J connectivity index is 1.99. The fraction of sp³-hybridized carbons (Fsp3) is 0.300. The first-order valence-electron chi connectivity index (χ1n) is 9.17. The van der Waals surface area contributed by atoms with Gasteiger partial charge in [-0.15, -0.1) is 0 Å². The number of benzene rings is 1. The number of aryl methyl sites for hydroxylation is 2. The average molecular weight is 380 g/mol. The normalized spacial score (nSPS) is 10.7. The minimum absolute atomic E-state index is 0.125. The number of nitrogens with zero attached hydrogens (tertiary/aromatic N) is 3. The third-order valence-corrected chi connectivity index (χ3v) is 4.42. The lowest BCUT2D eigenvalue weighted by molar-refractivity contribution is -0.114. The Bertz CT molecular complexity index is 1040. The molecule has 8 nitrogen and oxygen atoms in total. The number of hydrogen-bond donors (Lipinski definition) is 3. The van der Waals surface area contributed by atoms with Crippen LogP contribution in [0.15, 0.2) is 30.7 Å². The molecule has 3 rings (SSSR count). The first-order chi connectivity index (χ1) is 13.4. The zero-order chi connectivity index (χ0) is 20.3. The lowest BCUT2D eigenvalue weighted by Gasteiger charge is -2.12. The van der Waals surface area contributed by atoms with E-state index in [4.69, 9.17) is 0 Å². The summed E-state index contributed by atoms with van der Waals surface area (Å²) in [6, 6.07) is 5.61. The van der Waals surface area contributed by atoms with Crippen LogP contribution in [0.25, 0.3) is 5.52 Å². The van der Waals surface area contributed by atoms with E-state index in [1.165, 1.54) is 13.3 Å². The number of hydrogen-bond acceptors (Lipinski definition) is 5. The molecule has 3 N–H and O–H groups in total. The highest BCUT2D eigenvalue weighted by Gasteiger charge is 2.18. The van der Waals surface area contributed by atoms with Gasteiger partial charge in [0, 0.05) is 31.0 Å². The number of carbonyl (C=O) groups is 2. The minimum Gasteiger partial charge on any atom is -0.352 e. The molecule has 0 spiro atoms. The van der Waals surface area contributed by atoms with Crippen LogP contribution in [-0.4, -0.2) is 33.0 Å². The summed E-state index contributed by atoms with van der Waals surface area (Å²) in [7, 11) is 0. The lowest BCUT2D eigenvalue weighted by Crippen LogP contribution is -2.24. The van der Waals surface area contributed by atoms with Gasteiger partial charge in [-0.05, 0) is 43.5 Å². The Morgan fingerprint density at radius 3 is 2.71 bits per heavy atom. The van der Waals surface area contributed by atoms with Crippen LogP contribution in [0.2, 0.25) is 0 Å². The van der Waals surface area contributed by atoms with Gasteiger partial charge in [0.15, 0.2) is 5.82 Å². The molecule has 8 heteroatoms. The van der Waals surface area contributed by atoms with Gasteiger partial charge in [0.05, 0.1) is 5.56 Å². The number of anilines is 3. The third kappa shape index (κ3) is 3.95. The van der Waals surface area contributed by atoms with E-state index in [0.29, 0.717) is 23.6 Å². The number of nitrogens with one attached hydrogen (secondary N) is 3. The van der Waals surface area contributed by atoms with Gasteiger partial charge in [-0.1, -0.05) is 13.0 Å². The molecule has 28 heavy (non-hydrogen) atoms. The molecule has 0 fully saturated rings. The number of fused-ring (bicyclic) bond motifs is 1. The van der Waals surface area contributed by atoms with Gasteiger partial charge >= 0.3 is 0 Å². The van der Waals surface area contributed by atoms with E-state index < -0.39 is 0 Å². The smallest absolute Gasteiger partial charge is 0.253 e. The molecule has 0 saturated heterocycles. The molecule has 146 valence electrons. The third-order valence-electron chi connectivity index (χ3n) is 4.42. The van der Waals surface area contributed by atoms with Crippen molar-refractivity contribution in [3.8, 4) is 0 Å². The molecule has 2 heterocycles. The van der Waals surface area contributed by atoms with Crippen LogP contribution in [0.1, 0.15) is 41.8 Å². The molecule has 0 atom stereocenters. The molecule has 0 bridgehead atoms. The van der Waals surface area contributed by atoms with Crippen LogP contribution in [-0.2, 0) is 4.79 Å². The van der Waals surface area contributed by atoms with E-state index in [2.05, 4.69) is 26.0 Å². The fourth-order valence-electron chi connectivity index (χ4n) is 2.98. The van der Waals surface area contributed by atoms with Crippen molar-refractivity contribution >= 4 is 34.5 Å². The Morgan fingerprint density at radius 2 is 2.00 bits per heavy atom. The van der Waals surface area contributed by atoms with Gasteiger partial charge in [-0.2, -0.15) is 5.10 Å². The van der Waals surface area contributed by atoms with Crippen LogP contribution in [0.4, 0.5) is 17.2 Å². The molecule has 2 amide bonds. The van der Waals surface area contributed by atoms with Crippen molar-refractivity contribution in [3.05, 3.63) is 47.4 Å². The fourth-order valence-corrected chi connectivity index (χ4v) is 2.98. The second-order valence-corrected chi connectivity index (χ2v) is 6.66. The Labute approximate surface area is 163 Å². The average Bonchev–Trinajstić information content (AvgIpc) is 3.00. The van der Waals surface area contributed by atoms with Gasteiger partial charge in [-0.3, -0.25) is 9.59 Å². The molecule has 3 aromatic rings. The number of amides is 2. The van der Waals surface area contributed by atoms with E-state index in [-0.39, 0.29) is 11.8 Å². The van der Waals surface area contributed by atoms with Crippen LogP contribution >= 0.6 is 0 Å². The van der Waals surface area contributed by atoms with Crippen LogP contribution < -0.4 is 16.0 Å². The van der Waals surface area contributed by atoms with E-state index in [9.17, 15) is 9.59 Å². The van der Waals surface area contributed by atoms with Gasteiger partial charge in [0.25, 0.3) is 5.91 Å². The minimum atomic E-state index is -0.135. The van der Waals surface area contributed by atoms with Crippen molar-refractivity contribution in [2.75, 3.05) is 17.2 Å². The largest absolute Gasteiger partial charge is 0.352 e.